The van der Waals surface area contributed by atoms with Gasteiger partial charge in [0.15, 0.2) is 0 Å². The second kappa shape index (κ2) is 6.02. The average molecular weight is 291 g/mol. The van der Waals surface area contributed by atoms with Crippen LogP contribution in [0.1, 0.15) is 26.3 Å². The zero-order chi connectivity index (χ0) is 13.9. The molecule has 2 N–H and O–H groups in total. The summed E-state index contributed by atoms with van der Waals surface area (Å²) in [6, 6.07) is 4.58. The van der Waals surface area contributed by atoms with Crippen LogP contribution in [0.4, 0.5) is 0 Å². The molecule has 0 amide bonds. The van der Waals surface area contributed by atoms with Crippen LogP contribution in [0, 0.1) is 0 Å². The van der Waals surface area contributed by atoms with E-state index in [0.29, 0.717) is 18.1 Å². The summed E-state index contributed by atoms with van der Waals surface area (Å²) in [6.45, 7) is 6.22. The van der Waals surface area contributed by atoms with Crippen LogP contribution in [-0.2, 0) is 16.6 Å². The molecule has 0 radical (unpaired) electrons. The number of hydrogen-bond acceptors (Lipinski definition) is 3. The van der Waals surface area contributed by atoms with Crippen LogP contribution in [0.15, 0.2) is 23.1 Å². The molecule has 0 spiro atoms. The summed E-state index contributed by atoms with van der Waals surface area (Å²) in [5.41, 5.74) is 6.24. The minimum absolute atomic E-state index is 0.0899. The highest BCUT2D eigenvalue weighted by Gasteiger charge is 2.25. The number of halogens is 1. The molecule has 0 fully saturated rings. The molecule has 1 rings (SSSR count). The summed E-state index contributed by atoms with van der Waals surface area (Å²) in [5, 5.41) is 0.387. The van der Waals surface area contributed by atoms with Gasteiger partial charge < -0.3 is 5.73 Å². The molecule has 0 aliphatic carbocycles. The Morgan fingerprint density at radius 2 is 2.00 bits per heavy atom. The number of sulfonamides is 1. The summed E-state index contributed by atoms with van der Waals surface area (Å²) in [7, 11) is -3.49. The predicted molar refractivity (Wildman–Crippen MR) is 74.0 cm³/mol. The molecule has 1 aromatic carbocycles. The molecular weight excluding hydrogens is 272 g/mol. The third-order valence-corrected chi connectivity index (χ3v) is 5.24. The van der Waals surface area contributed by atoms with E-state index in [9.17, 15) is 8.42 Å². The normalized spacial score (nSPS) is 12.4. The number of nitrogens with zero attached hydrogens (tertiary/aromatic N) is 1. The van der Waals surface area contributed by atoms with Gasteiger partial charge in [-0.1, -0.05) is 24.6 Å². The fraction of sp³-hybridized carbons (Fsp3) is 0.500. The van der Waals surface area contributed by atoms with E-state index in [1.165, 1.54) is 10.4 Å². The minimum Gasteiger partial charge on any atom is -0.326 e. The number of nitrogens with two attached hydrogens (primary N) is 1. The molecular formula is C12H19ClN2O2S. The topological polar surface area (TPSA) is 63.4 Å². The highest BCUT2D eigenvalue weighted by molar-refractivity contribution is 7.89. The van der Waals surface area contributed by atoms with Crippen molar-refractivity contribution in [1.29, 1.82) is 0 Å². The Hall–Kier alpha value is -0.620. The summed E-state index contributed by atoms with van der Waals surface area (Å²) < 4.78 is 26.2. The van der Waals surface area contributed by atoms with E-state index in [2.05, 4.69) is 0 Å². The Morgan fingerprint density at radius 3 is 2.39 bits per heavy atom. The Kier molecular flexibility index (Phi) is 5.16. The van der Waals surface area contributed by atoms with E-state index in [1.54, 1.807) is 12.1 Å². The van der Waals surface area contributed by atoms with Gasteiger partial charge in [0.05, 0.1) is 4.90 Å². The molecule has 1 aromatic rings. The van der Waals surface area contributed by atoms with Crippen LogP contribution < -0.4 is 5.73 Å². The van der Waals surface area contributed by atoms with E-state index in [0.717, 1.165) is 5.56 Å². The van der Waals surface area contributed by atoms with Gasteiger partial charge in [-0.15, -0.1) is 0 Å². The van der Waals surface area contributed by atoms with Gasteiger partial charge >= 0.3 is 0 Å². The Balaban J connectivity index is 3.24. The first-order valence-corrected chi connectivity index (χ1v) is 7.66. The van der Waals surface area contributed by atoms with Crippen molar-refractivity contribution in [3.8, 4) is 0 Å². The highest BCUT2D eigenvalue weighted by atomic mass is 35.5. The standard InChI is InChI=1S/C12H19ClN2O2S/c1-4-15(9(2)3)18(16,17)11-6-5-10(8-14)12(13)7-11/h5-7,9H,4,8,14H2,1-3H3. The Labute approximate surface area is 114 Å². The summed E-state index contributed by atoms with van der Waals surface area (Å²) in [6.07, 6.45) is 0. The van der Waals surface area contributed by atoms with Crippen molar-refractivity contribution in [2.24, 2.45) is 5.73 Å². The van der Waals surface area contributed by atoms with Crippen molar-refractivity contribution in [2.45, 2.75) is 38.3 Å². The van der Waals surface area contributed by atoms with Gasteiger partial charge in [0.1, 0.15) is 0 Å². The first kappa shape index (κ1) is 15.4. The largest absolute Gasteiger partial charge is 0.326 e. The van der Waals surface area contributed by atoms with Crippen LogP contribution >= 0.6 is 11.6 Å². The molecule has 0 bridgehead atoms. The number of benzene rings is 1. The van der Waals surface area contributed by atoms with Crippen LogP contribution in [0.25, 0.3) is 0 Å². The van der Waals surface area contributed by atoms with Crippen molar-refractivity contribution < 1.29 is 8.42 Å². The van der Waals surface area contributed by atoms with E-state index in [-0.39, 0.29) is 10.9 Å². The van der Waals surface area contributed by atoms with Crippen molar-refractivity contribution in [1.82, 2.24) is 4.31 Å². The number of hydrogen-bond donors (Lipinski definition) is 1. The predicted octanol–water partition coefficient (Wildman–Crippen LogP) is 2.22. The fourth-order valence-electron chi connectivity index (χ4n) is 1.80. The lowest BCUT2D eigenvalue weighted by atomic mass is 10.2. The first-order valence-electron chi connectivity index (χ1n) is 5.85. The molecule has 0 saturated carbocycles. The van der Waals surface area contributed by atoms with E-state index in [4.69, 9.17) is 17.3 Å². The Morgan fingerprint density at radius 1 is 1.39 bits per heavy atom. The quantitative estimate of drug-likeness (QED) is 0.904. The average Bonchev–Trinajstić information content (AvgIpc) is 2.28. The van der Waals surface area contributed by atoms with Crippen molar-refractivity contribution in [3.05, 3.63) is 28.8 Å². The Bertz CT molecular complexity index is 515. The molecule has 0 heterocycles. The summed E-state index contributed by atoms with van der Waals surface area (Å²) in [4.78, 5) is 0.209. The van der Waals surface area contributed by atoms with E-state index in [1.807, 2.05) is 20.8 Å². The molecule has 0 aliphatic heterocycles. The lowest BCUT2D eigenvalue weighted by Crippen LogP contribution is -2.36. The van der Waals surface area contributed by atoms with Gasteiger partial charge in [-0.05, 0) is 31.5 Å². The maximum atomic E-state index is 12.4. The van der Waals surface area contributed by atoms with Gasteiger partial charge in [-0.25, -0.2) is 8.42 Å². The second-order valence-corrected chi connectivity index (χ2v) is 6.56. The van der Waals surface area contributed by atoms with Gasteiger partial charge in [0.25, 0.3) is 0 Å². The molecule has 0 atom stereocenters. The monoisotopic (exact) mass is 290 g/mol. The molecule has 102 valence electrons. The molecule has 18 heavy (non-hydrogen) atoms. The van der Waals surface area contributed by atoms with Crippen LogP contribution in [-0.4, -0.2) is 25.3 Å². The number of rotatable bonds is 5. The van der Waals surface area contributed by atoms with Crippen LogP contribution in [0.5, 0.6) is 0 Å². The third kappa shape index (κ3) is 3.03. The van der Waals surface area contributed by atoms with Crippen molar-refractivity contribution in [3.63, 3.8) is 0 Å². The molecule has 0 aromatic heterocycles. The smallest absolute Gasteiger partial charge is 0.243 e. The lowest BCUT2D eigenvalue weighted by Gasteiger charge is -2.24. The van der Waals surface area contributed by atoms with Gasteiger partial charge in [-0.3, -0.25) is 0 Å². The SMILES string of the molecule is CCN(C(C)C)S(=O)(=O)c1ccc(CN)c(Cl)c1. The second-order valence-electron chi connectivity index (χ2n) is 4.26. The van der Waals surface area contributed by atoms with Crippen LogP contribution in [0.3, 0.4) is 0 Å². The van der Waals surface area contributed by atoms with Gasteiger partial charge in [0, 0.05) is 24.2 Å². The lowest BCUT2D eigenvalue weighted by molar-refractivity contribution is 0.369. The van der Waals surface area contributed by atoms with E-state index >= 15 is 0 Å². The van der Waals surface area contributed by atoms with Gasteiger partial charge in [-0.2, -0.15) is 4.31 Å². The molecule has 6 heteroatoms. The summed E-state index contributed by atoms with van der Waals surface area (Å²) >= 11 is 6.00. The minimum atomic E-state index is -3.49. The molecule has 0 saturated heterocycles. The third-order valence-electron chi connectivity index (χ3n) is 2.74. The first-order chi connectivity index (χ1) is 8.34. The zero-order valence-electron chi connectivity index (χ0n) is 10.9. The van der Waals surface area contributed by atoms with Crippen molar-refractivity contribution >= 4 is 21.6 Å². The maximum Gasteiger partial charge on any atom is 0.243 e. The maximum absolute atomic E-state index is 12.4. The van der Waals surface area contributed by atoms with Crippen molar-refractivity contribution in [2.75, 3.05) is 6.54 Å². The molecule has 0 aliphatic rings. The highest BCUT2D eigenvalue weighted by Crippen LogP contribution is 2.24. The van der Waals surface area contributed by atoms with E-state index < -0.39 is 10.0 Å². The molecule has 0 unspecified atom stereocenters. The fourth-order valence-corrected chi connectivity index (χ4v) is 3.80. The van der Waals surface area contributed by atoms with Gasteiger partial charge in [0.2, 0.25) is 10.0 Å². The zero-order valence-corrected chi connectivity index (χ0v) is 12.4. The molecule has 4 nitrogen and oxygen atoms in total. The van der Waals surface area contributed by atoms with Crippen LogP contribution in [0.2, 0.25) is 5.02 Å². The summed E-state index contributed by atoms with van der Waals surface area (Å²) in [5.74, 6) is 0.